The third kappa shape index (κ3) is 9.01. The van der Waals surface area contributed by atoms with Gasteiger partial charge in [-0.25, -0.2) is 4.99 Å². The number of hydrogen-bond acceptors (Lipinski definition) is 2. The molecule has 0 aliphatic rings. The van der Waals surface area contributed by atoms with E-state index in [4.69, 9.17) is 5.73 Å². The summed E-state index contributed by atoms with van der Waals surface area (Å²) in [5.41, 5.74) is 6.31. The third-order valence-corrected chi connectivity index (χ3v) is 2.94. The van der Waals surface area contributed by atoms with Gasteiger partial charge >= 0.3 is 6.61 Å². The molecule has 126 valence electrons. The Morgan fingerprint density at radius 3 is 2.68 bits per heavy atom. The fourth-order valence-corrected chi connectivity index (χ4v) is 1.84. The Hall–Kier alpha value is -1.12. The molecule has 7 heteroatoms. The van der Waals surface area contributed by atoms with Crippen molar-refractivity contribution in [2.75, 3.05) is 6.54 Å². The Bertz CT molecular complexity index is 445. The molecule has 0 saturated heterocycles. The van der Waals surface area contributed by atoms with Gasteiger partial charge in [0.25, 0.3) is 0 Å². The van der Waals surface area contributed by atoms with E-state index in [9.17, 15) is 8.78 Å². The van der Waals surface area contributed by atoms with Crippen molar-refractivity contribution in [3.63, 3.8) is 0 Å². The summed E-state index contributed by atoms with van der Waals surface area (Å²) in [5, 5.41) is 3.01. The minimum Gasteiger partial charge on any atom is -0.434 e. The molecule has 0 fully saturated rings. The molecule has 0 aliphatic carbocycles. The van der Waals surface area contributed by atoms with Crippen LogP contribution in [0.5, 0.6) is 5.75 Å². The van der Waals surface area contributed by atoms with Crippen LogP contribution < -0.4 is 15.8 Å². The van der Waals surface area contributed by atoms with Crippen LogP contribution in [0, 0.1) is 0 Å². The Morgan fingerprint density at radius 2 is 2.00 bits per heavy atom. The molecular formula is C15H24F2IN3O. The zero-order valence-corrected chi connectivity index (χ0v) is 15.1. The summed E-state index contributed by atoms with van der Waals surface area (Å²) in [6.07, 6.45) is 4.58. The first-order valence-electron chi connectivity index (χ1n) is 7.20. The van der Waals surface area contributed by atoms with Crippen molar-refractivity contribution in [1.82, 2.24) is 5.32 Å². The molecule has 0 amide bonds. The number of para-hydroxylation sites is 1. The second-order valence-electron chi connectivity index (χ2n) is 4.68. The lowest BCUT2D eigenvalue weighted by atomic mass is 10.2. The number of hydrogen-bond donors (Lipinski definition) is 2. The lowest BCUT2D eigenvalue weighted by Gasteiger charge is -2.09. The molecule has 0 heterocycles. The smallest absolute Gasteiger partial charge is 0.387 e. The lowest BCUT2D eigenvalue weighted by molar-refractivity contribution is -0.0504. The highest BCUT2D eigenvalue weighted by Gasteiger charge is 2.08. The molecule has 0 aliphatic heterocycles. The largest absolute Gasteiger partial charge is 0.434 e. The fraction of sp³-hybridized carbons (Fsp3) is 0.533. The van der Waals surface area contributed by atoms with Crippen LogP contribution >= 0.6 is 24.0 Å². The zero-order chi connectivity index (χ0) is 15.5. The Kier molecular flexibility index (Phi) is 11.8. The fourth-order valence-electron chi connectivity index (χ4n) is 1.84. The zero-order valence-electron chi connectivity index (χ0n) is 12.7. The average Bonchev–Trinajstić information content (AvgIpc) is 2.45. The Labute approximate surface area is 147 Å². The first kappa shape index (κ1) is 20.9. The summed E-state index contributed by atoms with van der Waals surface area (Å²) in [4.78, 5) is 4.14. The summed E-state index contributed by atoms with van der Waals surface area (Å²) in [5.74, 6) is 0.449. The van der Waals surface area contributed by atoms with E-state index in [1.54, 1.807) is 18.2 Å². The number of unbranched alkanes of at least 4 members (excludes halogenated alkanes) is 3. The van der Waals surface area contributed by atoms with Crippen LogP contribution in [0.15, 0.2) is 29.3 Å². The predicted molar refractivity (Wildman–Crippen MR) is 96.0 cm³/mol. The molecule has 0 saturated carbocycles. The number of guanidine groups is 1. The molecule has 0 radical (unpaired) electrons. The van der Waals surface area contributed by atoms with Crippen LogP contribution in [0.3, 0.4) is 0 Å². The molecule has 1 aromatic carbocycles. The number of benzene rings is 1. The van der Waals surface area contributed by atoms with E-state index in [1.807, 2.05) is 0 Å². The van der Waals surface area contributed by atoms with Crippen LogP contribution in [0.1, 0.15) is 38.2 Å². The van der Waals surface area contributed by atoms with Crippen LogP contribution in [-0.2, 0) is 6.54 Å². The van der Waals surface area contributed by atoms with E-state index in [-0.39, 0.29) is 36.3 Å². The third-order valence-electron chi connectivity index (χ3n) is 2.94. The van der Waals surface area contributed by atoms with Crippen molar-refractivity contribution < 1.29 is 13.5 Å². The van der Waals surface area contributed by atoms with Gasteiger partial charge in [-0.3, -0.25) is 0 Å². The van der Waals surface area contributed by atoms with E-state index < -0.39 is 6.61 Å². The van der Waals surface area contributed by atoms with E-state index >= 15 is 0 Å². The van der Waals surface area contributed by atoms with Gasteiger partial charge in [0, 0.05) is 12.1 Å². The number of ether oxygens (including phenoxy) is 1. The summed E-state index contributed by atoms with van der Waals surface area (Å²) >= 11 is 0. The summed E-state index contributed by atoms with van der Waals surface area (Å²) in [6.45, 7) is 0.285. The minimum atomic E-state index is -2.84. The Balaban J connectivity index is 0.00000441. The van der Waals surface area contributed by atoms with Gasteiger partial charge < -0.3 is 15.8 Å². The summed E-state index contributed by atoms with van der Waals surface area (Å²) in [7, 11) is 0. The molecule has 0 atom stereocenters. The standard InChI is InChI=1S/C15H23F2N3O.HI/c1-2-3-4-7-10-19-15(18)20-11-12-8-5-6-9-13(12)21-14(16)17;/h5-6,8-9,14H,2-4,7,10-11H2,1H3,(H3,18,19,20);1H. The highest BCUT2D eigenvalue weighted by atomic mass is 127. The van der Waals surface area contributed by atoms with Crippen LogP contribution in [-0.4, -0.2) is 19.1 Å². The number of nitrogens with zero attached hydrogens (tertiary/aromatic N) is 1. The van der Waals surface area contributed by atoms with Crippen molar-refractivity contribution in [2.24, 2.45) is 10.7 Å². The molecule has 1 rings (SSSR count). The topological polar surface area (TPSA) is 59.6 Å². The normalized spacial score (nSPS) is 11.2. The molecule has 4 nitrogen and oxygen atoms in total. The van der Waals surface area contributed by atoms with Gasteiger partial charge in [-0.1, -0.05) is 44.4 Å². The molecule has 0 bridgehead atoms. The van der Waals surface area contributed by atoms with E-state index in [0.717, 1.165) is 19.4 Å². The molecule has 22 heavy (non-hydrogen) atoms. The van der Waals surface area contributed by atoms with E-state index in [2.05, 4.69) is 22.0 Å². The van der Waals surface area contributed by atoms with Gasteiger partial charge in [-0.2, -0.15) is 8.78 Å². The minimum absolute atomic E-state index is 0. The highest BCUT2D eigenvalue weighted by Crippen LogP contribution is 2.20. The summed E-state index contributed by atoms with van der Waals surface area (Å²) < 4.78 is 29.0. The Morgan fingerprint density at radius 1 is 1.27 bits per heavy atom. The second-order valence-corrected chi connectivity index (χ2v) is 4.68. The number of alkyl halides is 2. The van der Waals surface area contributed by atoms with Crippen LogP contribution in [0.4, 0.5) is 8.78 Å². The number of nitrogens with two attached hydrogens (primary N) is 1. The number of rotatable bonds is 9. The van der Waals surface area contributed by atoms with Crippen molar-refractivity contribution >= 4 is 29.9 Å². The molecule has 0 unspecified atom stereocenters. The van der Waals surface area contributed by atoms with Crippen molar-refractivity contribution in [3.05, 3.63) is 29.8 Å². The van der Waals surface area contributed by atoms with Gasteiger partial charge in [0.2, 0.25) is 0 Å². The predicted octanol–water partition coefficient (Wildman–Crippen LogP) is 3.89. The van der Waals surface area contributed by atoms with Crippen LogP contribution in [0.2, 0.25) is 0 Å². The van der Waals surface area contributed by atoms with Crippen molar-refractivity contribution in [2.45, 2.75) is 45.8 Å². The van der Waals surface area contributed by atoms with Gasteiger partial charge in [-0.05, 0) is 12.5 Å². The second kappa shape index (κ2) is 12.4. The van der Waals surface area contributed by atoms with E-state index in [1.165, 1.54) is 18.9 Å². The van der Waals surface area contributed by atoms with Crippen molar-refractivity contribution in [3.8, 4) is 5.75 Å². The molecular weight excluding hydrogens is 403 g/mol. The monoisotopic (exact) mass is 427 g/mol. The van der Waals surface area contributed by atoms with Crippen molar-refractivity contribution in [1.29, 1.82) is 0 Å². The van der Waals surface area contributed by atoms with Gasteiger partial charge in [0.05, 0.1) is 6.54 Å². The number of nitrogens with one attached hydrogen (secondary N) is 1. The molecule has 0 aromatic heterocycles. The average molecular weight is 427 g/mol. The van der Waals surface area contributed by atoms with Gasteiger partial charge in [0.15, 0.2) is 5.96 Å². The first-order chi connectivity index (χ1) is 10.1. The quantitative estimate of drug-likeness (QED) is 0.272. The molecule has 1 aromatic rings. The maximum absolute atomic E-state index is 12.3. The number of aliphatic imine (C=N–C) groups is 1. The van der Waals surface area contributed by atoms with Gasteiger partial charge in [-0.15, -0.1) is 24.0 Å². The summed E-state index contributed by atoms with van der Waals surface area (Å²) in [6, 6.07) is 6.57. The highest BCUT2D eigenvalue weighted by molar-refractivity contribution is 14.0. The SMILES string of the molecule is CCCCCCNC(N)=NCc1ccccc1OC(F)F.I. The molecule has 3 N–H and O–H groups in total. The maximum Gasteiger partial charge on any atom is 0.387 e. The lowest BCUT2D eigenvalue weighted by Crippen LogP contribution is -2.32. The first-order valence-corrected chi connectivity index (χ1v) is 7.20. The van der Waals surface area contributed by atoms with Crippen LogP contribution in [0.25, 0.3) is 0 Å². The maximum atomic E-state index is 12.3. The van der Waals surface area contributed by atoms with Gasteiger partial charge in [0.1, 0.15) is 5.75 Å². The van der Waals surface area contributed by atoms with E-state index in [0.29, 0.717) is 11.5 Å². The molecule has 0 spiro atoms. The number of halogens is 3.